The van der Waals surface area contributed by atoms with Gasteiger partial charge in [0, 0.05) is 21.4 Å². The Morgan fingerprint density at radius 2 is 2.00 bits per heavy atom. The molecule has 0 aliphatic heterocycles. The number of aryl methyl sites for hydroxylation is 1. The van der Waals surface area contributed by atoms with E-state index >= 15 is 0 Å². The second-order valence-corrected chi connectivity index (χ2v) is 5.47. The monoisotopic (exact) mass is 350 g/mol. The van der Waals surface area contributed by atoms with Crippen molar-refractivity contribution in [3.63, 3.8) is 0 Å². The van der Waals surface area contributed by atoms with Crippen molar-refractivity contribution in [3.8, 4) is 5.75 Å². The third-order valence-corrected chi connectivity index (χ3v) is 3.55. The zero-order chi connectivity index (χ0) is 15.4. The van der Waals surface area contributed by atoms with E-state index in [-0.39, 0.29) is 12.5 Å². The summed E-state index contributed by atoms with van der Waals surface area (Å²) in [5, 5.41) is 0. The molecule has 0 spiro atoms. The topological polar surface area (TPSA) is 60.3 Å². The lowest BCUT2D eigenvalue weighted by Crippen LogP contribution is -2.29. The molecule has 5 nitrogen and oxygen atoms in total. The first-order valence-corrected chi connectivity index (χ1v) is 7.13. The van der Waals surface area contributed by atoms with Crippen molar-refractivity contribution in [1.29, 1.82) is 0 Å². The van der Waals surface area contributed by atoms with Gasteiger partial charge in [-0.25, -0.2) is 0 Å². The van der Waals surface area contributed by atoms with Gasteiger partial charge in [-0.2, -0.15) is 0 Å². The van der Waals surface area contributed by atoms with Crippen LogP contribution in [0.4, 0.5) is 0 Å². The Labute approximate surface area is 131 Å². The molecule has 21 heavy (non-hydrogen) atoms. The smallest absolute Gasteiger partial charge is 0.276 e. The van der Waals surface area contributed by atoms with E-state index in [1.54, 1.807) is 29.8 Å². The third-order valence-electron chi connectivity index (χ3n) is 3.02. The molecular weight excluding hydrogens is 336 g/mol. The summed E-state index contributed by atoms with van der Waals surface area (Å²) in [4.78, 5) is 22.8. The molecule has 0 bridgehead atoms. The normalized spacial score (nSPS) is 10.2. The van der Waals surface area contributed by atoms with Crippen LogP contribution in [-0.2, 0) is 4.79 Å². The molecule has 0 atom stereocenters. The maximum atomic E-state index is 11.9. The Bertz CT molecular complexity index is 662. The SMILES string of the molecule is Cc1cc(C=O)c(C)n1NC(=O)COc1ccc(Br)cc1. The predicted molar refractivity (Wildman–Crippen MR) is 83.3 cm³/mol. The predicted octanol–water partition coefficient (Wildman–Crippen LogP) is 2.83. The molecule has 0 radical (unpaired) electrons. The summed E-state index contributed by atoms with van der Waals surface area (Å²) in [6, 6.07) is 8.94. The highest BCUT2D eigenvalue weighted by molar-refractivity contribution is 9.10. The molecular formula is C15H15BrN2O3. The number of aldehydes is 1. The molecule has 110 valence electrons. The van der Waals surface area contributed by atoms with Crippen LogP contribution < -0.4 is 10.2 Å². The van der Waals surface area contributed by atoms with Crippen LogP contribution in [0, 0.1) is 13.8 Å². The van der Waals surface area contributed by atoms with Gasteiger partial charge in [-0.05, 0) is 44.2 Å². The summed E-state index contributed by atoms with van der Waals surface area (Å²) in [7, 11) is 0. The number of ether oxygens (including phenoxy) is 1. The molecule has 0 saturated heterocycles. The van der Waals surface area contributed by atoms with E-state index in [2.05, 4.69) is 21.4 Å². The molecule has 2 aromatic rings. The van der Waals surface area contributed by atoms with Crippen LogP contribution in [0.5, 0.6) is 5.75 Å². The highest BCUT2D eigenvalue weighted by atomic mass is 79.9. The largest absolute Gasteiger partial charge is 0.484 e. The molecule has 0 unspecified atom stereocenters. The van der Waals surface area contributed by atoms with Crippen LogP contribution in [0.2, 0.25) is 0 Å². The maximum absolute atomic E-state index is 11.9. The zero-order valence-corrected chi connectivity index (χ0v) is 13.3. The van der Waals surface area contributed by atoms with Gasteiger partial charge < -0.3 is 4.74 Å². The van der Waals surface area contributed by atoms with Crippen molar-refractivity contribution in [2.24, 2.45) is 0 Å². The van der Waals surface area contributed by atoms with Gasteiger partial charge in [-0.3, -0.25) is 19.7 Å². The van der Waals surface area contributed by atoms with Crippen molar-refractivity contribution < 1.29 is 14.3 Å². The van der Waals surface area contributed by atoms with Gasteiger partial charge in [-0.1, -0.05) is 15.9 Å². The average Bonchev–Trinajstić information content (AvgIpc) is 2.74. The van der Waals surface area contributed by atoms with Gasteiger partial charge in [0.15, 0.2) is 12.9 Å². The summed E-state index contributed by atoms with van der Waals surface area (Å²) in [5.41, 5.74) is 4.73. The summed E-state index contributed by atoms with van der Waals surface area (Å²) < 4.78 is 7.92. The molecule has 2 rings (SSSR count). The van der Waals surface area contributed by atoms with Crippen molar-refractivity contribution >= 4 is 28.1 Å². The average molecular weight is 351 g/mol. The van der Waals surface area contributed by atoms with Gasteiger partial charge in [0.05, 0.1) is 0 Å². The number of hydrogen-bond acceptors (Lipinski definition) is 3. The number of benzene rings is 1. The fraction of sp³-hybridized carbons (Fsp3) is 0.200. The lowest BCUT2D eigenvalue weighted by atomic mass is 10.3. The Balaban J connectivity index is 1.97. The van der Waals surface area contributed by atoms with E-state index < -0.39 is 0 Å². The van der Waals surface area contributed by atoms with Crippen molar-refractivity contribution in [1.82, 2.24) is 4.68 Å². The van der Waals surface area contributed by atoms with Crippen LogP contribution >= 0.6 is 15.9 Å². The fourth-order valence-electron chi connectivity index (χ4n) is 1.92. The van der Waals surface area contributed by atoms with Gasteiger partial charge in [0.1, 0.15) is 5.75 Å². The summed E-state index contributed by atoms with van der Waals surface area (Å²) in [6.45, 7) is 3.48. The fourth-order valence-corrected chi connectivity index (χ4v) is 2.18. The summed E-state index contributed by atoms with van der Waals surface area (Å²) >= 11 is 3.33. The lowest BCUT2D eigenvalue weighted by Gasteiger charge is -2.12. The van der Waals surface area contributed by atoms with Gasteiger partial charge in [0.2, 0.25) is 0 Å². The Morgan fingerprint density at radius 3 is 2.57 bits per heavy atom. The summed E-state index contributed by atoms with van der Waals surface area (Å²) in [6.07, 6.45) is 0.767. The summed E-state index contributed by atoms with van der Waals surface area (Å²) in [5.74, 6) is 0.319. The molecule has 6 heteroatoms. The minimum atomic E-state index is -0.294. The number of amides is 1. The van der Waals surface area contributed by atoms with Crippen LogP contribution in [0.25, 0.3) is 0 Å². The van der Waals surface area contributed by atoms with E-state index in [0.717, 1.165) is 16.5 Å². The Morgan fingerprint density at radius 1 is 1.33 bits per heavy atom. The lowest BCUT2D eigenvalue weighted by molar-refractivity contribution is -0.119. The second kappa shape index (κ2) is 6.58. The first kappa shape index (κ1) is 15.3. The number of rotatable bonds is 5. The molecule has 1 aromatic carbocycles. The molecule has 0 fully saturated rings. The number of hydrogen-bond donors (Lipinski definition) is 1. The Kier molecular flexibility index (Phi) is 4.80. The second-order valence-electron chi connectivity index (χ2n) is 4.56. The van der Waals surface area contributed by atoms with E-state index in [4.69, 9.17) is 4.74 Å². The minimum Gasteiger partial charge on any atom is -0.484 e. The zero-order valence-electron chi connectivity index (χ0n) is 11.7. The Hall–Kier alpha value is -2.08. The molecule has 0 aliphatic carbocycles. The highest BCUT2D eigenvalue weighted by Gasteiger charge is 2.11. The van der Waals surface area contributed by atoms with Gasteiger partial charge >= 0.3 is 0 Å². The van der Waals surface area contributed by atoms with Gasteiger partial charge in [-0.15, -0.1) is 0 Å². The van der Waals surface area contributed by atoms with E-state index in [1.165, 1.54) is 0 Å². The van der Waals surface area contributed by atoms with Gasteiger partial charge in [0.25, 0.3) is 5.91 Å². The van der Waals surface area contributed by atoms with E-state index in [9.17, 15) is 9.59 Å². The molecule has 1 amide bonds. The third kappa shape index (κ3) is 3.72. The van der Waals surface area contributed by atoms with Crippen molar-refractivity contribution in [2.75, 3.05) is 12.0 Å². The number of nitrogens with zero attached hydrogens (tertiary/aromatic N) is 1. The highest BCUT2D eigenvalue weighted by Crippen LogP contribution is 2.16. The van der Waals surface area contributed by atoms with Crippen molar-refractivity contribution in [2.45, 2.75) is 13.8 Å². The molecule has 1 N–H and O–H groups in total. The van der Waals surface area contributed by atoms with Crippen LogP contribution in [-0.4, -0.2) is 23.5 Å². The number of halogens is 1. The molecule has 1 heterocycles. The van der Waals surface area contributed by atoms with Crippen LogP contribution in [0.1, 0.15) is 21.7 Å². The first-order valence-electron chi connectivity index (χ1n) is 6.33. The molecule has 1 aromatic heterocycles. The number of carbonyl (C=O) groups is 2. The first-order chi connectivity index (χ1) is 10.0. The quantitative estimate of drug-likeness (QED) is 0.843. The van der Waals surface area contributed by atoms with E-state index in [1.807, 2.05) is 19.1 Å². The minimum absolute atomic E-state index is 0.102. The number of aromatic nitrogens is 1. The van der Waals surface area contributed by atoms with E-state index in [0.29, 0.717) is 17.0 Å². The standard InChI is InChI=1S/C15H15BrN2O3/c1-10-7-12(8-19)11(2)18(10)17-15(20)9-21-14-5-3-13(16)4-6-14/h3-8H,9H2,1-2H3,(H,17,20). The molecule has 0 aliphatic rings. The molecule has 0 saturated carbocycles. The number of nitrogens with one attached hydrogen (secondary N) is 1. The number of carbonyl (C=O) groups excluding carboxylic acids is 2. The maximum Gasteiger partial charge on any atom is 0.276 e. The van der Waals surface area contributed by atoms with Crippen molar-refractivity contribution in [3.05, 3.63) is 51.8 Å². The van der Waals surface area contributed by atoms with Crippen LogP contribution in [0.15, 0.2) is 34.8 Å². The van der Waals surface area contributed by atoms with Crippen LogP contribution in [0.3, 0.4) is 0 Å².